The molecule has 0 aliphatic carbocycles. The summed E-state index contributed by atoms with van der Waals surface area (Å²) in [6, 6.07) is 10.3. The number of amides is 1. The second kappa shape index (κ2) is 7.37. The zero-order valence-corrected chi connectivity index (χ0v) is 16.3. The smallest absolute Gasteiger partial charge is 0.343 e. The summed E-state index contributed by atoms with van der Waals surface area (Å²) in [6.07, 6.45) is 3.37. The van der Waals surface area contributed by atoms with Gasteiger partial charge in [-0.05, 0) is 49.7 Å². The van der Waals surface area contributed by atoms with Crippen LogP contribution in [0.25, 0.3) is 5.88 Å². The Morgan fingerprint density at radius 1 is 1.30 bits per heavy atom. The number of hydrogen-bond acceptors (Lipinski definition) is 6. The van der Waals surface area contributed by atoms with Gasteiger partial charge in [0.25, 0.3) is 0 Å². The second-order valence-electron chi connectivity index (χ2n) is 6.93. The van der Waals surface area contributed by atoms with Gasteiger partial charge in [0.2, 0.25) is 11.8 Å². The van der Waals surface area contributed by atoms with Crippen molar-refractivity contribution in [2.24, 2.45) is 0 Å². The molecule has 3 heterocycles. The lowest BCUT2D eigenvalue weighted by atomic mass is 9.99. The molecule has 1 N–H and O–H groups in total. The molecular formula is C22H17N3O5. The standard InChI is InChI=1S/C22H17N3O5/c1-12-15-9-14(5-6-17(15)24-20(12)27)18(26)11-29-22(28)19-13(2)30-21(16(19)10-23)25-7-3-4-8-25/h3-9,12H,11H2,1-2H3,(H,24,27)/t12-/m0/s1. The van der Waals surface area contributed by atoms with Gasteiger partial charge in [-0.3, -0.25) is 14.2 Å². The van der Waals surface area contributed by atoms with Gasteiger partial charge in [0.15, 0.2) is 12.4 Å². The molecule has 1 aliphatic rings. The number of Topliss-reactive ketones (excluding diaryl/α,β-unsaturated/α-hetero) is 1. The van der Waals surface area contributed by atoms with Crippen LogP contribution < -0.4 is 5.32 Å². The maximum Gasteiger partial charge on any atom is 0.343 e. The SMILES string of the molecule is Cc1oc(-n2cccc2)c(C#N)c1C(=O)OCC(=O)c1ccc2c(c1)[C@H](C)C(=O)N2. The fourth-order valence-electron chi connectivity index (χ4n) is 3.41. The van der Waals surface area contributed by atoms with Crippen molar-refractivity contribution in [1.82, 2.24) is 4.57 Å². The summed E-state index contributed by atoms with van der Waals surface area (Å²) >= 11 is 0. The number of benzene rings is 1. The van der Waals surface area contributed by atoms with E-state index in [0.717, 1.165) is 5.56 Å². The Balaban J connectivity index is 1.52. The van der Waals surface area contributed by atoms with E-state index >= 15 is 0 Å². The van der Waals surface area contributed by atoms with Crippen LogP contribution in [0.1, 0.15) is 50.4 Å². The van der Waals surface area contributed by atoms with Crippen molar-refractivity contribution in [2.45, 2.75) is 19.8 Å². The number of carbonyl (C=O) groups excluding carboxylic acids is 3. The van der Waals surface area contributed by atoms with Crippen molar-refractivity contribution in [3.8, 4) is 12.0 Å². The zero-order valence-electron chi connectivity index (χ0n) is 16.3. The van der Waals surface area contributed by atoms with Crippen LogP contribution in [0.15, 0.2) is 47.1 Å². The third kappa shape index (κ3) is 3.16. The van der Waals surface area contributed by atoms with E-state index in [1.807, 2.05) is 6.07 Å². The molecule has 0 saturated heterocycles. The molecule has 0 fully saturated rings. The minimum absolute atomic E-state index is 0.00799. The number of hydrogen-bond donors (Lipinski definition) is 1. The number of furan rings is 1. The molecular weight excluding hydrogens is 386 g/mol. The largest absolute Gasteiger partial charge is 0.454 e. The van der Waals surface area contributed by atoms with Crippen LogP contribution in [0.3, 0.4) is 0 Å². The maximum atomic E-state index is 12.6. The van der Waals surface area contributed by atoms with Crippen LogP contribution in [0.4, 0.5) is 5.69 Å². The van der Waals surface area contributed by atoms with Gasteiger partial charge in [-0.2, -0.15) is 5.26 Å². The van der Waals surface area contributed by atoms with Crippen LogP contribution in [-0.2, 0) is 9.53 Å². The summed E-state index contributed by atoms with van der Waals surface area (Å²) in [4.78, 5) is 36.9. The number of esters is 1. The fourth-order valence-corrected chi connectivity index (χ4v) is 3.41. The first-order valence-electron chi connectivity index (χ1n) is 9.22. The highest BCUT2D eigenvalue weighted by Crippen LogP contribution is 2.33. The first kappa shape index (κ1) is 19.2. The molecule has 1 aliphatic heterocycles. The summed E-state index contributed by atoms with van der Waals surface area (Å²) in [6.45, 7) is 2.81. The molecule has 1 amide bonds. The van der Waals surface area contributed by atoms with E-state index in [2.05, 4.69) is 5.32 Å². The van der Waals surface area contributed by atoms with Crippen LogP contribution in [0.2, 0.25) is 0 Å². The van der Waals surface area contributed by atoms with E-state index in [-0.39, 0.29) is 34.6 Å². The highest BCUT2D eigenvalue weighted by Gasteiger charge is 2.28. The highest BCUT2D eigenvalue weighted by atomic mass is 16.5. The van der Waals surface area contributed by atoms with Gasteiger partial charge in [-0.25, -0.2) is 4.79 Å². The van der Waals surface area contributed by atoms with Gasteiger partial charge in [0.05, 0.1) is 5.92 Å². The third-order valence-corrected chi connectivity index (χ3v) is 5.05. The van der Waals surface area contributed by atoms with Gasteiger partial charge in [0.1, 0.15) is 23.0 Å². The summed E-state index contributed by atoms with van der Waals surface area (Å²) < 4.78 is 12.3. The van der Waals surface area contributed by atoms with E-state index in [4.69, 9.17) is 9.15 Å². The van der Waals surface area contributed by atoms with E-state index in [1.54, 1.807) is 61.1 Å². The lowest BCUT2D eigenvalue weighted by Crippen LogP contribution is -2.15. The van der Waals surface area contributed by atoms with Gasteiger partial charge in [-0.15, -0.1) is 0 Å². The number of fused-ring (bicyclic) bond motifs is 1. The van der Waals surface area contributed by atoms with Crippen molar-refractivity contribution < 1.29 is 23.5 Å². The minimum atomic E-state index is -0.814. The predicted octanol–water partition coefficient (Wildman–Crippen LogP) is 3.35. The number of rotatable bonds is 5. The minimum Gasteiger partial charge on any atom is -0.454 e. The van der Waals surface area contributed by atoms with Crippen molar-refractivity contribution >= 4 is 23.3 Å². The molecule has 8 nitrogen and oxygen atoms in total. The van der Waals surface area contributed by atoms with Crippen molar-refractivity contribution in [2.75, 3.05) is 11.9 Å². The number of ketones is 1. The summed E-state index contributed by atoms with van der Waals surface area (Å²) in [7, 11) is 0. The second-order valence-corrected chi connectivity index (χ2v) is 6.93. The topological polar surface area (TPSA) is 114 Å². The lowest BCUT2D eigenvalue weighted by molar-refractivity contribution is -0.116. The Morgan fingerprint density at radius 2 is 2.03 bits per heavy atom. The summed E-state index contributed by atoms with van der Waals surface area (Å²) in [5.74, 6) is -1.27. The Labute approximate surface area is 171 Å². The average Bonchev–Trinajstić information content (AvgIpc) is 3.44. The number of aryl methyl sites for hydroxylation is 1. The quantitative estimate of drug-likeness (QED) is 0.516. The molecule has 4 rings (SSSR count). The highest BCUT2D eigenvalue weighted by molar-refractivity contribution is 6.05. The number of nitrogens with zero attached hydrogens (tertiary/aromatic N) is 2. The Hall–Kier alpha value is -4.12. The van der Waals surface area contributed by atoms with Gasteiger partial charge in [0, 0.05) is 23.6 Å². The van der Waals surface area contributed by atoms with E-state index in [1.165, 1.54) is 0 Å². The number of nitrogens with one attached hydrogen (secondary N) is 1. The fraction of sp³-hybridized carbons (Fsp3) is 0.182. The molecule has 150 valence electrons. The molecule has 0 spiro atoms. The molecule has 2 aromatic heterocycles. The van der Waals surface area contributed by atoms with Crippen molar-refractivity contribution in [3.63, 3.8) is 0 Å². The van der Waals surface area contributed by atoms with Crippen LogP contribution in [0.5, 0.6) is 0 Å². The average molecular weight is 403 g/mol. The van der Waals surface area contributed by atoms with Crippen molar-refractivity contribution in [1.29, 1.82) is 5.26 Å². The van der Waals surface area contributed by atoms with E-state index in [9.17, 15) is 19.6 Å². The molecule has 1 atom stereocenters. The maximum absolute atomic E-state index is 12.6. The number of nitriles is 1. The third-order valence-electron chi connectivity index (χ3n) is 5.05. The van der Waals surface area contributed by atoms with Crippen LogP contribution in [0, 0.1) is 18.3 Å². The van der Waals surface area contributed by atoms with Crippen molar-refractivity contribution in [3.05, 3.63) is 70.7 Å². The summed E-state index contributed by atoms with van der Waals surface area (Å²) in [5, 5.41) is 12.3. The Morgan fingerprint density at radius 3 is 2.73 bits per heavy atom. The van der Waals surface area contributed by atoms with Gasteiger partial charge in [-0.1, -0.05) is 0 Å². The zero-order chi connectivity index (χ0) is 21.4. The number of anilines is 1. The molecule has 1 aromatic carbocycles. The first-order chi connectivity index (χ1) is 14.4. The normalized spacial score (nSPS) is 14.7. The first-order valence-corrected chi connectivity index (χ1v) is 9.22. The number of ether oxygens (including phenoxy) is 1. The molecule has 30 heavy (non-hydrogen) atoms. The molecule has 0 bridgehead atoms. The Kier molecular flexibility index (Phi) is 4.72. The molecule has 0 saturated carbocycles. The van der Waals surface area contributed by atoms with Gasteiger partial charge < -0.3 is 14.5 Å². The summed E-state index contributed by atoms with van der Waals surface area (Å²) in [5.41, 5.74) is 1.77. The monoisotopic (exact) mass is 403 g/mol. The van der Waals surface area contributed by atoms with E-state index < -0.39 is 18.4 Å². The number of carbonyl (C=O) groups is 3. The molecule has 8 heteroatoms. The van der Waals surface area contributed by atoms with E-state index in [0.29, 0.717) is 11.3 Å². The van der Waals surface area contributed by atoms with Crippen LogP contribution in [-0.4, -0.2) is 28.8 Å². The molecule has 3 aromatic rings. The predicted molar refractivity (Wildman–Crippen MR) is 106 cm³/mol. The number of aromatic nitrogens is 1. The van der Waals surface area contributed by atoms with Crippen LogP contribution >= 0.6 is 0 Å². The van der Waals surface area contributed by atoms with Gasteiger partial charge >= 0.3 is 5.97 Å². The lowest BCUT2D eigenvalue weighted by Gasteiger charge is -2.07. The molecule has 0 unspecified atom stereocenters. The molecule has 0 radical (unpaired) electrons. The Bertz CT molecular complexity index is 1210.